The maximum Gasteiger partial charge on any atom is 0.268 e. The van der Waals surface area contributed by atoms with Crippen LogP contribution < -0.4 is 10.2 Å². The third-order valence-corrected chi connectivity index (χ3v) is 14.3. The van der Waals surface area contributed by atoms with Crippen molar-refractivity contribution >= 4 is 13.7 Å². The van der Waals surface area contributed by atoms with Crippen LogP contribution in [0.4, 0.5) is 0 Å². The number of rotatable bonds is 56. The van der Waals surface area contributed by atoms with Gasteiger partial charge < -0.3 is 28.8 Å². The lowest BCUT2D eigenvalue weighted by Gasteiger charge is -2.29. The van der Waals surface area contributed by atoms with Crippen LogP contribution in [0.1, 0.15) is 239 Å². The smallest absolute Gasteiger partial charge is 0.268 e. The quantitative estimate of drug-likeness (QED) is 0.0272. The molecular weight excluding hydrogens is 996 g/mol. The van der Waals surface area contributed by atoms with E-state index < -0.39 is 26.6 Å². The van der Waals surface area contributed by atoms with Gasteiger partial charge in [0.25, 0.3) is 7.82 Å². The SMILES string of the molecule is CC/C=C\C/C=C\C/C=C\C/C=C\C/C=C\C/C=C\C/C=C\C/C=C\C/C=C\C/C=C\C/C=C\CCCCCC(=O)NC(COP(=O)([O-])OCC[N+](C)(C)C)C(O)/C=C/CCCCCCCCCCCCCCCCCCCC. The van der Waals surface area contributed by atoms with Crippen LogP contribution in [0.2, 0.25) is 0 Å². The molecule has 0 fully saturated rings. The summed E-state index contributed by atoms with van der Waals surface area (Å²) in [6, 6.07) is -0.916. The second-order valence-corrected chi connectivity index (χ2v) is 23.4. The molecule has 0 aliphatic rings. The number of nitrogens with zero attached hydrogens (tertiary/aromatic N) is 1. The topological polar surface area (TPSA) is 108 Å². The number of amides is 1. The third-order valence-electron chi connectivity index (χ3n) is 13.3. The standard InChI is InChI=1S/C70H119N2O6P/c1-6-8-10-12-14-16-18-20-22-24-26-28-29-30-31-32-33-34-35-36-37-38-39-40-41-42-43-44-46-48-50-52-54-56-58-60-62-64-70(74)71-68(67-78-79(75,76)77-66-65-72(3,4)5)69(73)63-61-59-57-55-53-51-49-47-45-27-25-23-21-19-17-15-13-11-9-7-2/h8,10,14,16,20,22,26,28,30-31,33-34,36-37,39-40,42-43,46,48,52,54,61,63,68-69,73H,6-7,9,11-13,15,17-19,21,23-25,27,29,32,35,38,41,44-45,47,49-51,53,55-60,62,64-67H2,1-5H3,(H-,71,74,75,76)/b10-8-,16-14-,22-20-,28-26-,31-30-,34-33-,37-36-,40-39-,43-42-,48-46-,54-52-,63-61+. The number of phosphoric acid groups is 1. The summed E-state index contributed by atoms with van der Waals surface area (Å²) in [6.45, 7) is 4.51. The van der Waals surface area contributed by atoms with Crippen LogP contribution in [-0.4, -0.2) is 68.5 Å². The Bertz CT molecular complexity index is 1790. The first-order valence-electron chi connectivity index (χ1n) is 31.7. The molecule has 3 atom stereocenters. The number of hydrogen-bond donors (Lipinski definition) is 2. The number of aliphatic hydroxyl groups excluding tert-OH is 1. The molecule has 450 valence electrons. The molecule has 0 rings (SSSR count). The number of nitrogens with one attached hydrogen (secondary N) is 1. The molecule has 1 amide bonds. The average molecular weight is 1120 g/mol. The molecule has 0 aromatic heterocycles. The molecule has 79 heavy (non-hydrogen) atoms. The summed E-state index contributed by atoms with van der Waals surface area (Å²) in [5, 5.41) is 13.9. The maximum atomic E-state index is 13.0. The predicted octanol–water partition coefficient (Wildman–Crippen LogP) is 19.4. The van der Waals surface area contributed by atoms with Gasteiger partial charge in [0.2, 0.25) is 5.91 Å². The molecule has 2 N–H and O–H groups in total. The normalized spacial score (nSPS) is 14.8. The first kappa shape index (κ1) is 75.4. The third kappa shape index (κ3) is 61.8. The van der Waals surface area contributed by atoms with Crippen LogP contribution in [-0.2, 0) is 18.4 Å². The zero-order valence-electron chi connectivity index (χ0n) is 51.3. The van der Waals surface area contributed by atoms with Gasteiger partial charge in [-0.1, -0.05) is 275 Å². The summed E-state index contributed by atoms with van der Waals surface area (Å²) >= 11 is 0. The lowest BCUT2D eigenvalue weighted by Crippen LogP contribution is -2.45. The van der Waals surface area contributed by atoms with E-state index in [2.05, 4.69) is 153 Å². The van der Waals surface area contributed by atoms with Crippen LogP contribution >= 0.6 is 7.82 Å². The molecule has 0 bridgehead atoms. The summed E-state index contributed by atoms with van der Waals surface area (Å²) in [5.41, 5.74) is 0. The van der Waals surface area contributed by atoms with Crippen molar-refractivity contribution in [2.75, 3.05) is 40.9 Å². The Labute approximate surface area is 487 Å². The van der Waals surface area contributed by atoms with Crippen molar-refractivity contribution < 1.29 is 32.9 Å². The Hall–Kier alpha value is -3.62. The minimum Gasteiger partial charge on any atom is -0.756 e. The molecule has 0 aromatic rings. The molecule has 0 aliphatic carbocycles. The zero-order valence-corrected chi connectivity index (χ0v) is 52.2. The first-order valence-corrected chi connectivity index (χ1v) is 33.2. The van der Waals surface area contributed by atoms with E-state index >= 15 is 0 Å². The van der Waals surface area contributed by atoms with E-state index in [4.69, 9.17) is 9.05 Å². The number of carbonyl (C=O) groups is 1. The zero-order chi connectivity index (χ0) is 57.7. The van der Waals surface area contributed by atoms with Crippen molar-refractivity contribution in [1.29, 1.82) is 0 Å². The van der Waals surface area contributed by atoms with Crippen molar-refractivity contribution in [2.24, 2.45) is 0 Å². The number of quaternary nitrogens is 1. The molecule has 0 saturated heterocycles. The van der Waals surface area contributed by atoms with Crippen LogP contribution in [0.25, 0.3) is 0 Å². The largest absolute Gasteiger partial charge is 0.756 e. The molecule has 0 aliphatic heterocycles. The molecule has 0 spiro atoms. The Morgan fingerprint density at radius 1 is 0.456 bits per heavy atom. The van der Waals surface area contributed by atoms with Crippen molar-refractivity contribution in [3.8, 4) is 0 Å². The summed E-state index contributed by atoms with van der Waals surface area (Å²) < 4.78 is 23.4. The number of unbranched alkanes of at least 4 members (excludes halogenated alkanes) is 21. The Balaban J connectivity index is 4.28. The van der Waals surface area contributed by atoms with Crippen molar-refractivity contribution in [3.63, 3.8) is 0 Å². The number of likely N-dealkylation sites (N-methyl/N-ethyl adjacent to an activating group) is 1. The molecule has 9 heteroatoms. The van der Waals surface area contributed by atoms with Gasteiger partial charge >= 0.3 is 0 Å². The van der Waals surface area contributed by atoms with E-state index in [-0.39, 0.29) is 12.5 Å². The summed E-state index contributed by atoms with van der Waals surface area (Å²) in [6.07, 6.45) is 90.8. The lowest BCUT2D eigenvalue weighted by atomic mass is 10.0. The van der Waals surface area contributed by atoms with E-state index in [1.54, 1.807) is 6.08 Å². The van der Waals surface area contributed by atoms with Gasteiger partial charge in [0.05, 0.1) is 39.9 Å². The minimum absolute atomic E-state index is 0.0154. The van der Waals surface area contributed by atoms with E-state index in [9.17, 15) is 19.4 Å². The Morgan fingerprint density at radius 2 is 0.772 bits per heavy atom. The summed E-state index contributed by atoms with van der Waals surface area (Å²) in [7, 11) is 1.22. The van der Waals surface area contributed by atoms with Gasteiger partial charge in [-0.3, -0.25) is 9.36 Å². The van der Waals surface area contributed by atoms with Crippen LogP contribution in [0.5, 0.6) is 0 Å². The number of aliphatic hydroxyl groups is 1. The van der Waals surface area contributed by atoms with Gasteiger partial charge in [0.1, 0.15) is 13.2 Å². The number of hydrogen-bond acceptors (Lipinski definition) is 6. The Morgan fingerprint density at radius 3 is 1.13 bits per heavy atom. The highest BCUT2D eigenvalue weighted by molar-refractivity contribution is 7.45. The predicted molar refractivity (Wildman–Crippen MR) is 343 cm³/mol. The molecule has 8 nitrogen and oxygen atoms in total. The highest BCUT2D eigenvalue weighted by atomic mass is 31.2. The number of allylic oxidation sites excluding steroid dienone is 23. The molecule has 0 aromatic carbocycles. The Kier molecular flexibility index (Phi) is 56.3. The highest BCUT2D eigenvalue weighted by Crippen LogP contribution is 2.38. The molecule has 0 saturated carbocycles. The van der Waals surface area contributed by atoms with Gasteiger partial charge in [-0.2, -0.15) is 0 Å². The highest BCUT2D eigenvalue weighted by Gasteiger charge is 2.23. The summed E-state index contributed by atoms with van der Waals surface area (Å²) in [4.78, 5) is 25.5. The van der Waals surface area contributed by atoms with Crippen LogP contribution in [0.15, 0.2) is 146 Å². The van der Waals surface area contributed by atoms with Crippen LogP contribution in [0.3, 0.4) is 0 Å². The van der Waals surface area contributed by atoms with Gasteiger partial charge in [0, 0.05) is 6.42 Å². The molecule has 0 heterocycles. The van der Waals surface area contributed by atoms with E-state index in [0.29, 0.717) is 23.9 Å². The van der Waals surface area contributed by atoms with E-state index in [1.165, 1.54) is 103 Å². The summed E-state index contributed by atoms with van der Waals surface area (Å²) in [5.74, 6) is -0.234. The minimum atomic E-state index is -4.62. The molecule has 3 unspecified atom stereocenters. The fourth-order valence-corrected chi connectivity index (χ4v) is 9.12. The second kappa shape index (κ2) is 59.0. The number of carbonyl (C=O) groups excluding carboxylic acids is 1. The lowest BCUT2D eigenvalue weighted by molar-refractivity contribution is -0.870. The first-order chi connectivity index (χ1) is 38.5. The van der Waals surface area contributed by atoms with Gasteiger partial charge in [0.15, 0.2) is 0 Å². The molecule has 0 radical (unpaired) electrons. The average Bonchev–Trinajstić information content (AvgIpc) is 3.42. The fraction of sp³-hybridized carbons (Fsp3) is 0.643. The van der Waals surface area contributed by atoms with E-state index in [1.807, 2.05) is 27.2 Å². The van der Waals surface area contributed by atoms with Gasteiger partial charge in [-0.05, 0) is 103 Å². The van der Waals surface area contributed by atoms with Crippen molar-refractivity contribution in [3.05, 3.63) is 146 Å². The fourth-order valence-electron chi connectivity index (χ4n) is 8.39. The van der Waals surface area contributed by atoms with Crippen LogP contribution in [0, 0.1) is 0 Å². The molecular formula is C70H119N2O6P. The van der Waals surface area contributed by atoms with E-state index in [0.717, 1.165) is 109 Å². The monoisotopic (exact) mass is 1110 g/mol. The maximum absolute atomic E-state index is 13.0. The second-order valence-electron chi connectivity index (χ2n) is 22.0. The van der Waals surface area contributed by atoms with Crippen molar-refractivity contribution in [1.82, 2.24) is 5.32 Å². The van der Waals surface area contributed by atoms with Gasteiger partial charge in [-0.15, -0.1) is 0 Å². The van der Waals surface area contributed by atoms with Crippen molar-refractivity contribution in [2.45, 2.75) is 251 Å². The number of phosphoric ester groups is 1. The van der Waals surface area contributed by atoms with Gasteiger partial charge in [-0.25, -0.2) is 0 Å².